The van der Waals surface area contributed by atoms with E-state index >= 15 is 0 Å². The number of nitrogens with zero attached hydrogens (tertiary/aromatic N) is 1. The molecule has 1 aromatic carbocycles. The number of hydrogen-bond donors (Lipinski definition) is 0. The molecule has 1 fully saturated rings. The minimum Gasteiger partial charge on any atom is -0.399 e. The molecular weight excluding hydrogens is 245 g/mol. The Bertz CT molecular complexity index is 511. The van der Waals surface area contributed by atoms with Crippen LogP contribution in [-0.2, 0) is 9.31 Å². The van der Waals surface area contributed by atoms with Crippen LogP contribution in [0, 0.1) is 17.0 Å². The van der Waals surface area contributed by atoms with Gasteiger partial charge in [-0.15, -0.1) is 0 Å². The summed E-state index contributed by atoms with van der Waals surface area (Å²) < 4.78 is 11.8. The van der Waals surface area contributed by atoms with Crippen molar-refractivity contribution in [3.8, 4) is 0 Å². The van der Waals surface area contributed by atoms with E-state index in [2.05, 4.69) is 0 Å². The summed E-state index contributed by atoms with van der Waals surface area (Å²) in [5, 5.41) is 10.8. The maximum atomic E-state index is 10.8. The van der Waals surface area contributed by atoms with E-state index in [1.807, 2.05) is 27.7 Å². The Morgan fingerprint density at radius 3 is 2.11 bits per heavy atom. The van der Waals surface area contributed by atoms with Crippen molar-refractivity contribution in [2.24, 2.45) is 0 Å². The van der Waals surface area contributed by atoms with Gasteiger partial charge in [0, 0.05) is 11.6 Å². The van der Waals surface area contributed by atoms with Crippen LogP contribution in [0.4, 0.5) is 5.69 Å². The lowest BCUT2D eigenvalue weighted by molar-refractivity contribution is -0.385. The predicted octanol–water partition coefficient (Wildman–Crippen LogP) is 2.20. The minimum absolute atomic E-state index is 0.111. The third-order valence-electron chi connectivity index (χ3n) is 3.94. The van der Waals surface area contributed by atoms with Crippen molar-refractivity contribution in [2.45, 2.75) is 45.8 Å². The predicted molar refractivity (Wildman–Crippen MR) is 73.5 cm³/mol. The highest BCUT2D eigenvalue weighted by molar-refractivity contribution is 6.62. The third kappa shape index (κ3) is 2.38. The number of nitro groups is 1. The molecule has 0 radical (unpaired) electrons. The number of aryl methyl sites for hydroxylation is 1. The van der Waals surface area contributed by atoms with Crippen molar-refractivity contribution in [1.82, 2.24) is 0 Å². The van der Waals surface area contributed by atoms with Gasteiger partial charge < -0.3 is 9.31 Å². The van der Waals surface area contributed by atoms with Crippen LogP contribution in [0.1, 0.15) is 33.3 Å². The van der Waals surface area contributed by atoms with Crippen LogP contribution in [0.25, 0.3) is 0 Å². The number of rotatable bonds is 2. The molecule has 0 bridgehead atoms. The highest BCUT2D eigenvalue weighted by atomic mass is 16.7. The Morgan fingerprint density at radius 1 is 1.16 bits per heavy atom. The normalized spacial score (nSPS) is 20.6. The summed E-state index contributed by atoms with van der Waals surface area (Å²) in [6, 6.07) is 4.93. The van der Waals surface area contributed by atoms with Crippen molar-refractivity contribution in [3.63, 3.8) is 0 Å². The second-order valence-electron chi connectivity index (χ2n) is 5.89. The highest BCUT2D eigenvalue weighted by Crippen LogP contribution is 2.36. The molecule has 1 aromatic rings. The fourth-order valence-corrected chi connectivity index (χ4v) is 2.01. The van der Waals surface area contributed by atoms with Gasteiger partial charge in [-0.05, 0) is 40.1 Å². The molecule has 2 rings (SSSR count). The Labute approximate surface area is 113 Å². The SMILES string of the molecule is Cc1cc(B2OC(C)(C)C(C)(C)O2)ccc1[N+](=O)[O-]. The van der Waals surface area contributed by atoms with E-state index < -0.39 is 18.3 Å². The highest BCUT2D eigenvalue weighted by Gasteiger charge is 2.51. The van der Waals surface area contributed by atoms with Crippen LogP contribution in [0.2, 0.25) is 0 Å². The molecule has 1 saturated heterocycles. The van der Waals surface area contributed by atoms with Crippen LogP contribution < -0.4 is 5.46 Å². The van der Waals surface area contributed by atoms with E-state index in [1.165, 1.54) is 6.07 Å². The summed E-state index contributed by atoms with van der Waals surface area (Å²) in [4.78, 5) is 10.4. The molecule has 19 heavy (non-hydrogen) atoms. The smallest absolute Gasteiger partial charge is 0.399 e. The van der Waals surface area contributed by atoms with Crippen LogP contribution in [0.3, 0.4) is 0 Å². The lowest BCUT2D eigenvalue weighted by Crippen LogP contribution is -2.41. The van der Waals surface area contributed by atoms with E-state index in [1.54, 1.807) is 19.1 Å². The van der Waals surface area contributed by atoms with Gasteiger partial charge in [0.25, 0.3) is 5.69 Å². The molecule has 1 aliphatic rings. The second kappa shape index (κ2) is 4.32. The average molecular weight is 263 g/mol. The van der Waals surface area contributed by atoms with Crippen molar-refractivity contribution in [2.75, 3.05) is 0 Å². The van der Waals surface area contributed by atoms with E-state index in [-0.39, 0.29) is 10.6 Å². The van der Waals surface area contributed by atoms with Crippen LogP contribution in [-0.4, -0.2) is 23.2 Å². The van der Waals surface area contributed by atoms with Crippen molar-refractivity contribution < 1.29 is 14.2 Å². The van der Waals surface area contributed by atoms with Crippen molar-refractivity contribution >= 4 is 18.3 Å². The molecule has 0 saturated carbocycles. The van der Waals surface area contributed by atoms with E-state index in [0.717, 1.165) is 5.46 Å². The summed E-state index contributed by atoms with van der Waals surface area (Å²) in [7, 11) is -0.482. The van der Waals surface area contributed by atoms with Gasteiger partial charge in [-0.25, -0.2) is 0 Å². The summed E-state index contributed by atoms with van der Waals surface area (Å²) in [5.41, 5.74) is 0.708. The number of benzene rings is 1. The maximum absolute atomic E-state index is 10.8. The van der Waals surface area contributed by atoms with Crippen LogP contribution in [0.5, 0.6) is 0 Å². The Morgan fingerprint density at radius 2 is 1.68 bits per heavy atom. The summed E-state index contributed by atoms with van der Waals surface area (Å²) in [5.74, 6) is 0. The van der Waals surface area contributed by atoms with Gasteiger partial charge >= 0.3 is 7.12 Å². The first-order valence-corrected chi connectivity index (χ1v) is 6.25. The van der Waals surface area contributed by atoms with Gasteiger partial charge in [0.05, 0.1) is 16.1 Å². The standard InChI is InChI=1S/C13H18BNO4/c1-9-8-10(6-7-11(9)15(16)17)14-18-12(2,3)13(4,5)19-14/h6-8H,1-5H3. The first-order chi connectivity index (χ1) is 8.64. The van der Waals surface area contributed by atoms with Crippen LogP contribution >= 0.6 is 0 Å². The van der Waals surface area contributed by atoms with Gasteiger partial charge in [0.15, 0.2) is 0 Å². The molecule has 0 N–H and O–H groups in total. The Balaban J connectivity index is 2.31. The molecule has 0 aliphatic carbocycles. The quantitative estimate of drug-likeness (QED) is 0.466. The molecular formula is C13H18BNO4. The first-order valence-electron chi connectivity index (χ1n) is 6.25. The molecule has 0 spiro atoms. The zero-order chi connectivity index (χ0) is 14.4. The van der Waals surface area contributed by atoms with E-state index in [9.17, 15) is 10.1 Å². The number of nitro benzene ring substituents is 1. The average Bonchev–Trinajstić information content (AvgIpc) is 2.47. The Hall–Kier alpha value is -1.40. The minimum atomic E-state index is -0.482. The maximum Gasteiger partial charge on any atom is 0.494 e. The topological polar surface area (TPSA) is 61.6 Å². The van der Waals surface area contributed by atoms with Gasteiger partial charge in [-0.1, -0.05) is 12.1 Å². The second-order valence-corrected chi connectivity index (χ2v) is 5.89. The Kier molecular flexibility index (Phi) is 3.19. The molecule has 1 aliphatic heterocycles. The van der Waals surface area contributed by atoms with E-state index in [4.69, 9.17) is 9.31 Å². The third-order valence-corrected chi connectivity index (χ3v) is 3.94. The summed E-state index contributed by atoms with van der Waals surface area (Å²) in [6.07, 6.45) is 0. The zero-order valence-corrected chi connectivity index (χ0v) is 11.9. The molecule has 0 unspecified atom stereocenters. The molecule has 0 aromatic heterocycles. The van der Waals surface area contributed by atoms with Gasteiger partial charge in [-0.2, -0.15) is 0 Å². The summed E-state index contributed by atoms with van der Waals surface area (Å²) >= 11 is 0. The van der Waals surface area contributed by atoms with Gasteiger partial charge in [0.1, 0.15) is 0 Å². The molecule has 0 amide bonds. The van der Waals surface area contributed by atoms with Crippen LogP contribution in [0.15, 0.2) is 18.2 Å². The number of hydrogen-bond acceptors (Lipinski definition) is 4. The van der Waals surface area contributed by atoms with Crippen molar-refractivity contribution in [3.05, 3.63) is 33.9 Å². The first kappa shape index (κ1) is 14.0. The lowest BCUT2D eigenvalue weighted by Gasteiger charge is -2.32. The molecule has 6 heteroatoms. The molecule has 102 valence electrons. The van der Waals surface area contributed by atoms with Gasteiger partial charge in [-0.3, -0.25) is 10.1 Å². The fraction of sp³-hybridized carbons (Fsp3) is 0.538. The molecule has 5 nitrogen and oxygen atoms in total. The molecule has 0 atom stereocenters. The van der Waals surface area contributed by atoms with Crippen molar-refractivity contribution in [1.29, 1.82) is 0 Å². The lowest BCUT2D eigenvalue weighted by atomic mass is 9.78. The summed E-state index contributed by atoms with van der Waals surface area (Å²) in [6.45, 7) is 9.62. The fourth-order valence-electron chi connectivity index (χ4n) is 2.01. The monoisotopic (exact) mass is 263 g/mol. The van der Waals surface area contributed by atoms with Gasteiger partial charge in [0.2, 0.25) is 0 Å². The zero-order valence-electron chi connectivity index (χ0n) is 11.9. The van der Waals surface area contributed by atoms with E-state index in [0.29, 0.717) is 5.56 Å². The molecule has 1 heterocycles. The largest absolute Gasteiger partial charge is 0.494 e.